The molecular formula is C12H14N6. The number of rotatable bonds is 2. The molecule has 0 aliphatic heterocycles. The maximum absolute atomic E-state index is 5.94. The van der Waals surface area contributed by atoms with Crippen LogP contribution in [0.15, 0.2) is 24.5 Å². The lowest BCUT2D eigenvalue weighted by molar-refractivity contribution is 0.756. The van der Waals surface area contributed by atoms with Gasteiger partial charge in [0, 0.05) is 25.0 Å². The molecule has 0 fully saturated rings. The molecule has 0 saturated carbocycles. The van der Waals surface area contributed by atoms with Gasteiger partial charge >= 0.3 is 0 Å². The van der Waals surface area contributed by atoms with E-state index in [9.17, 15) is 0 Å². The van der Waals surface area contributed by atoms with E-state index in [1.165, 1.54) is 0 Å². The summed E-state index contributed by atoms with van der Waals surface area (Å²) in [5.41, 5.74) is 9.68. The smallest absolute Gasteiger partial charge is 0.202 e. The van der Waals surface area contributed by atoms with Crippen LogP contribution in [0.3, 0.4) is 0 Å². The number of pyridine rings is 1. The average Bonchev–Trinajstić information content (AvgIpc) is 2.81. The summed E-state index contributed by atoms with van der Waals surface area (Å²) in [5.74, 6) is 0.479. The van der Waals surface area contributed by atoms with Crippen molar-refractivity contribution in [2.45, 2.75) is 13.5 Å². The summed E-state index contributed by atoms with van der Waals surface area (Å²) < 4.78 is 3.70. The first-order valence-electron chi connectivity index (χ1n) is 5.71. The highest BCUT2D eigenvalue weighted by Crippen LogP contribution is 2.17. The number of aromatic nitrogens is 5. The van der Waals surface area contributed by atoms with Crippen molar-refractivity contribution in [2.24, 2.45) is 7.05 Å². The standard InChI is InChI=1S/C12H14N6/c1-8-9(6-17(2)16-8)7-18-11-10(15-12(18)13)4-3-5-14-11/h3-6H,7H2,1-2H3,(H2,13,15). The Morgan fingerprint density at radius 3 is 2.94 bits per heavy atom. The zero-order valence-electron chi connectivity index (χ0n) is 10.3. The molecule has 0 atom stereocenters. The van der Waals surface area contributed by atoms with E-state index in [4.69, 9.17) is 5.73 Å². The van der Waals surface area contributed by atoms with Crippen LogP contribution >= 0.6 is 0 Å². The summed E-state index contributed by atoms with van der Waals surface area (Å²) in [5, 5.41) is 4.32. The predicted octanol–water partition coefficient (Wildman–Crippen LogP) is 1.10. The van der Waals surface area contributed by atoms with Gasteiger partial charge in [-0.1, -0.05) is 0 Å². The fourth-order valence-corrected chi connectivity index (χ4v) is 2.11. The molecule has 0 unspecified atom stereocenters. The average molecular weight is 242 g/mol. The largest absolute Gasteiger partial charge is 0.369 e. The van der Waals surface area contributed by atoms with Gasteiger partial charge in [0.1, 0.15) is 5.52 Å². The monoisotopic (exact) mass is 242 g/mol. The minimum Gasteiger partial charge on any atom is -0.369 e. The summed E-state index contributed by atoms with van der Waals surface area (Å²) in [4.78, 5) is 8.62. The molecule has 3 aromatic heterocycles. The Labute approximate surface area is 104 Å². The first-order valence-corrected chi connectivity index (χ1v) is 5.71. The molecule has 18 heavy (non-hydrogen) atoms. The number of nitrogen functional groups attached to an aromatic ring is 1. The molecule has 2 N–H and O–H groups in total. The fourth-order valence-electron chi connectivity index (χ4n) is 2.11. The quantitative estimate of drug-likeness (QED) is 0.730. The van der Waals surface area contributed by atoms with Crippen LogP contribution in [-0.2, 0) is 13.6 Å². The van der Waals surface area contributed by atoms with E-state index in [0.29, 0.717) is 12.5 Å². The molecule has 3 aromatic rings. The number of nitrogens with two attached hydrogens (primary N) is 1. The molecule has 92 valence electrons. The van der Waals surface area contributed by atoms with Gasteiger partial charge in [-0.3, -0.25) is 9.25 Å². The van der Waals surface area contributed by atoms with Gasteiger partial charge in [-0.2, -0.15) is 5.10 Å². The van der Waals surface area contributed by atoms with Crippen LogP contribution in [0.5, 0.6) is 0 Å². The van der Waals surface area contributed by atoms with Gasteiger partial charge in [0.25, 0.3) is 0 Å². The van der Waals surface area contributed by atoms with E-state index in [0.717, 1.165) is 22.4 Å². The third-order valence-electron chi connectivity index (χ3n) is 2.98. The highest BCUT2D eigenvalue weighted by molar-refractivity contribution is 5.73. The van der Waals surface area contributed by atoms with Crippen LogP contribution in [0.1, 0.15) is 11.3 Å². The Morgan fingerprint density at radius 1 is 1.39 bits per heavy atom. The summed E-state index contributed by atoms with van der Waals surface area (Å²) in [6.07, 6.45) is 3.74. The second-order valence-corrected chi connectivity index (χ2v) is 4.32. The van der Waals surface area contributed by atoms with E-state index < -0.39 is 0 Å². The van der Waals surface area contributed by atoms with Crippen LogP contribution in [0.25, 0.3) is 11.2 Å². The molecule has 0 amide bonds. The van der Waals surface area contributed by atoms with E-state index in [1.54, 1.807) is 10.9 Å². The predicted molar refractivity (Wildman–Crippen MR) is 69.0 cm³/mol. The van der Waals surface area contributed by atoms with E-state index in [1.807, 2.05) is 36.9 Å². The number of anilines is 1. The van der Waals surface area contributed by atoms with Crippen molar-refractivity contribution in [1.29, 1.82) is 0 Å². The molecule has 0 radical (unpaired) electrons. The maximum atomic E-state index is 5.94. The van der Waals surface area contributed by atoms with Crippen molar-refractivity contribution >= 4 is 17.1 Å². The third kappa shape index (κ3) is 1.62. The van der Waals surface area contributed by atoms with Crippen LogP contribution < -0.4 is 5.73 Å². The number of nitrogens with zero attached hydrogens (tertiary/aromatic N) is 5. The van der Waals surface area contributed by atoms with Crippen molar-refractivity contribution in [3.63, 3.8) is 0 Å². The third-order valence-corrected chi connectivity index (χ3v) is 2.98. The molecule has 0 bridgehead atoms. The summed E-state index contributed by atoms with van der Waals surface area (Å²) in [6.45, 7) is 2.62. The Kier molecular flexibility index (Phi) is 2.29. The lowest BCUT2D eigenvalue weighted by atomic mass is 10.2. The van der Waals surface area contributed by atoms with Crippen LogP contribution in [0, 0.1) is 6.92 Å². The molecule has 6 heteroatoms. The van der Waals surface area contributed by atoms with Crippen molar-refractivity contribution in [2.75, 3.05) is 5.73 Å². The number of fused-ring (bicyclic) bond motifs is 1. The summed E-state index contributed by atoms with van der Waals surface area (Å²) in [7, 11) is 1.91. The second kappa shape index (κ2) is 3.83. The van der Waals surface area contributed by atoms with Gasteiger partial charge in [0.2, 0.25) is 5.95 Å². The van der Waals surface area contributed by atoms with Crippen molar-refractivity contribution < 1.29 is 0 Å². The van der Waals surface area contributed by atoms with E-state index in [-0.39, 0.29) is 0 Å². The van der Waals surface area contributed by atoms with Crippen LogP contribution in [0.4, 0.5) is 5.95 Å². The number of hydrogen-bond acceptors (Lipinski definition) is 4. The number of imidazole rings is 1. The minimum absolute atomic E-state index is 0.479. The normalized spacial score (nSPS) is 11.2. The van der Waals surface area contributed by atoms with Crippen LogP contribution in [-0.4, -0.2) is 24.3 Å². The van der Waals surface area contributed by atoms with Gasteiger partial charge in [-0.15, -0.1) is 0 Å². The zero-order valence-corrected chi connectivity index (χ0v) is 10.3. The topological polar surface area (TPSA) is 74.5 Å². The lowest BCUT2D eigenvalue weighted by Gasteiger charge is -2.04. The summed E-state index contributed by atoms with van der Waals surface area (Å²) >= 11 is 0. The molecule has 3 rings (SSSR count). The van der Waals surface area contributed by atoms with Gasteiger partial charge in [0.15, 0.2) is 5.65 Å². The van der Waals surface area contributed by atoms with Gasteiger partial charge in [-0.25, -0.2) is 9.97 Å². The molecule has 0 aromatic carbocycles. The molecule has 0 spiro atoms. The van der Waals surface area contributed by atoms with Crippen molar-refractivity contribution in [3.8, 4) is 0 Å². The highest BCUT2D eigenvalue weighted by atomic mass is 15.3. The van der Waals surface area contributed by atoms with Crippen molar-refractivity contribution in [1.82, 2.24) is 24.3 Å². The molecular weight excluding hydrogens is 228 g/mol. The first kappa shape index (κ1) is 10.8. The van der Waals surface area contributed by atoms with Gasteiger partial charge in [-0.05, 0) is 19.1 Å². The molecule has 6 nitrogen and oxygen atoms in total. The van der Waals surface area contributed by atoms with E-state index in [2.05, 4.69) is 15.1 Å². The summed E-state index contributed by atoms with van der Waals surface area (Å²) in [6, 6.07) is 3.76. The Morgan fingerprint density at radius 2 is 2.22 bits per heavy atom. The van der Waals surface area contributed by atoms with E-state index >= 15 is 0 Å². The highest BCUT2D eigenvalue weighted by Gasteiger charge is 2.11. The zero-order chi connectivity index (χ0) is 12.7. The maximum Gasteiger partial charge on any atom is 0.202 e. The Bertz CT molecular complexity index is 709. The van der Waals surface area contributed by atoms with Crippen molar-refractivity contribution in [3.05, 3.63) is 35.8 Å². The second-order valence-electron chi connectivity index (χ2n) is 4.32. The fraction of sp³-hybridized carbons (Fsp3) is 0.250. The Hall–Kier alpha value is -2.37. The SMILES string of the molecule is Cc1nn(C)cc1Cn1c(N)nc2cccnc21. The van der Waals surface area contributed by atoms with Gasteiger partial charge in [0.05, 0.1) is 12.2 Å². The first-order chi connectivity index (χ1) is 8.65. The molecule has 0 aliphatic rings. The molecule has 3 heterocycles. The van der Waals surface area contributed by atoms with Crippen LogP contribution in [0.2, 0.25) is 0 Å². The number of hydrogen-bond donors (Lipinski definition) is 1. The minimum atomic E-state index is 0.479. The van der Waals surface area contributed by atoms with Gasteiger partial charge < -0.3 is 5.73 Å². The number of aryl methyl sites for hydroxylation is 2. The Balaban J connectivity index is 2.09. The molecule has 0 aliphatic carbocycles. The lowest BCUT2D eigenvalue weighted by Crippen LogP contribution is -2.05. The molecule has 0 saturated heterocycles.